The van der Waals surface area contributed by atoms with E-state index < -0.39 is 11.0 Å². The van der Waals surface area contributed by atoms with Crippen molar-refractivity contribution in [3.8, 4) is 17.6 Å². The van der Waals surface area contributed by atoms with Gasteiger partial charge in [0.1, 0.15) is 17.5 Å². The average molecular weight is 433 g/mol. The first-order chi connectivity index (χ1) is 15.4. The molecule has 5 rings (SSSR count). The molecule has 0 bridgehead atoms. The Hall–Kier alpha value is -2.35. The van der Waals surface area contributed by atoms with Gasteiger partial charge in [-0.1, -0.05) is 25.0 Å². The van der Waals surface area contributed by atoms with E-state index in [1.165, 1.54) is 16.7 Å². The van der Waals surface area contributed by atoms with Gasteiger partial charge in [-0.05, 0) is 91.4 Å². The molecule has 4 unspecified atom stereocenters. The maximum atomic E-state index is 12.2. The molecular weight excluding hydrogens is 400 g/mol. The first kappa shape index (κ1) is 21.5. The highest BCUT2D eigenvalue weighted by atomic mass is 16.5. The van der Waals surface area contributed by atoms with Crippen LogP contribution in [-0.2, 0) is 9.53 Å². The number of methoxy groups -OCH3 is 1. The third-order valence-electron chi connectivity index (χ3n) is 8.47. The molecule has 1 saturated carbocycles. The van der Waals surface area contributed by atoms with Crippen LogP contribution in [0.1, 0.15) is 64.0 Å². The highest BCUT2D eigenvalue weighted by Crippen LogP contribution is 2.61. The van der Waals surface area contributed by atoms with Gasteiger partial charge in [-0.25, -0.2) is 0 Å². The van der Waals surface area contributed by atoms with Gasteiger partial charge in [0.25, 0.3) is 0 Å². The molecule has 32 heavy (non-hydrogen) atoms. The molecule has 3 aliphatic carbocycles. The zero-order valence-corrected chi connectivity index (χ0v) is 19.2. The van der Waals surface area contributed by atoms with Gasteiger partial charge in [0.15, 0.2) is 5.78 Å². The van der Waals surface area contributed by atoms with Crippen molar-refractivity contribution in [1.29, 1.82) is 0 Å². The second kappa shape index (κ2) is 7.90. The van der Waals surface area contributed by atoms with Crippen molar-refractivity contribution in [3.05, 3.63) is 52.6 Å². The van der Waals surface area contributed by atoms with E-state index in [9.17, 15) is 9.90 Å². The number of carbonyl (C=O) groups is 1. The van der Waals surface area contributed by atoms with E-state index in [1.54, 1.807) is 14.0 Å². The van der Waals surface area contributed by atoms with Crippen LogP contribution >= 0.6 is 0 Å². The van der Waals surface area contributed by atoms with Crippen molar-refractivity contribution in [2.45, 2.75) is 64.1 Å². The molecule has 0 amide bonds. The molecule has 4 nitrogen and oxygen atoms in total. The molecule has 1 heterocycles. The van der Waals surface area contributed by atoms with Crippen LogP contribution in [0.2, 0.25) is 0 Å². The first-order valence-electron chi connectivity index (χ1n) is 11.8. The van der Waals surface area contributed by atoms with Gasteiger partial charge in [-0.15, -0.1) is 5.92 Å². The fourth-order valence-corrected chi connectivity index (χ4v) is 6.74. The lowest BCUT2D eigenvalue weighted by atomic mass is 9.61. The Morgan fingerprint density at radius 3 is 2.66 bits per heavy atom. The number of ketones is 1. The van der Waals surface area contributed by atoms with E-state index in [4.69, 9.17) is 9.47 Å². The van der Waals surface area contributed by atoms with Crippen LogP contribution in [0.5, 0.6) is 5.75 Å². The summed E-state index contributed by atoms with van der Waals surface area (Å²) in [5, 5.41) is 11.6. The fraction of sp³-hybridized carbons (Fsp3) is 0.536. The quantitative estimate of drug-likeness (QED) is 0.673. The molecule has 1 saturated heterocycles. The topological polar surface area (TPSA) is 55.8 Å². The van der Waals surface area contributed by atoms with Gasteiger partial charge in [-0.2, -0.15) is 0 Å². The normalized spacial score (nSPS) is 36.2. The predicted octanol–water partition coefficient (Wildman–Crippen LogP) is 4.93. The minimum Gasteiger partial charge on any atom is -0.497 e. The van der Waals surface area contributed by atoms with E-state index in [0.29, 0.717) is 31.3 Å². The number of fused-ring (bicyclic) bond motifs is 4. The molecule has 168 valence electrons. The summed E-state index contributed by atoms with van der Waals surface area (Å²) in [5.74, 6) is 7.81. The molecular formula is C28H32O4. The maximum Gasteiger partial charge on any atom is 0.156 e. The number of carbonyl (C=O) groups excluding carboxylic acids is 1. The van der Waals surface area contributed by atoms with E-state index in [0.717, 1.165) is 37.0 Å². The van der Waals surface area contributed by atoms with Crippen LogP contribution < -0.4 is 4.74 Å². The Morgan fingerprint density at radius 2 is 1.94 bits per heavy atom. The zero-order chi connectivity index (χ0) is 22.5. The molecule has 0 spiro atoms. The van der Waals surface area contributed by atoms with Crippen LogP contribution in [0.4, 0.5) is 0 Å². The van der Waals surface area contributed by atoms with Crippen molar-refractivity contribution >= 4 is 5.78 Å². The summed E-state index contributed by atoms with van der Waals surface area (Å²) in [7, 11) is 1.67. The Labute approximate surface area is 190 Å². The number of hydrogen-bond donors (Lipinski definition) is 1. The van der Waals surface area contributed by atoms with Crippen LogP contribution in [0.15, 0.2) is 47.1 Å². The van der Waals surface area contributed by atoms with Gasteiger partial charge >= 0.3 is 0 Å². The number of rotatable bonds is 2. The Bertz CT molecular complexity index is 1050. The lowest BCUT2D eigenvalue weighted by molar-refractivity contribution is -0.114. The standard InChI is InChI=1S/C28H32O4/c1-4-14-28(30)15-13-24-23-11-7-19-16-20(29)8-12-22(19)25(23)26(32-17-27(24,28)2)18-5-9-21(31-3)10-6-18/h5-6,9-10,16,23-24,26,30H,7-8,11-13,15,17H2,1-3H3/t23?,24?,26?,27?,28-/m0/s1. The van der Waals surface area contributed by atoms with E-state index in [2.05, 4.69) is 30.9 Å². The average Bonchev–Trinajstić information content (AvgIpc) is 2.96. The lowest BCUT2D eigenvalue weighted by Gasteiger charge is -2.42. The van der Waals surface area contributed by atoms with Crippen molar-refractivity contribution in [1.82, 2.24) is 0 Å². The fourth-order valence-electron chi connectivity index (χ4n) is 6.74. The monoisotopic (exact) mass is 432 g/mol. The molecule has 1 aromatic rings. The molecule has 4 aliphatic rings. The maximum absolute atomic E-state index is 12.2. The molecule has 4 heteroatoms. The number of benzene rings is 1. The second-order valence-electron chi connectivity index (χ2n) is 9.98. The number of allylic oxidation sites excluding steroid dienone is 3. The Balaban J connectivity index is 1.67. The number of hydrogen-bond acceptors (Lipinski definition) is 4. The smallest absolute Gasteiger partial charge is 0.156 e. The van der Waals surface area contributed by atoms with Crippen LogP contribution in [0, 0.1) is 29.1 Å². The van der Waals surface area contributed by atoms with E-state index >= 15 is 0 Å². The number of ether oxygens (including phenoxy) is 2. The van der Waals surface area contributed by atoms with E-state index in [-0.39, 0.29) is 11.9 Å². The van der Waals surface area contributed by atoms with Crippen molar-refractivity contribution in [2.24, 2.45) is 17.3 Å². The zero-order valence-electron chi connectivity index (χ0n) is 19.2. The highest BCUT2D eigenvalue weighted by Gasteiger charge is 2.61. The summed E-state index contributed by atoms with van der Waals surface area (Å²) in [5.41, 5.74) is 3.49. The van der Waals surface area contributed by atoms with Crippen LogP contribution in [0.25, 0.3) is 0 Å². The summed E-state index contributed by atoms with van der Waals surface area (Å²) in [4.78, 5) is 12.2. The van der Waals surface area contributed by atoms with Gasteiger partial charge in [-0.3, -0.25) is 4.79 Å². The Morgan fingerprint density at radius 1 is 1.16 bits per heavy atom. The molecule has 1 aliphatic heterocycles. The van der Waals surface area contributed by atoms with Crippen LogP contribution in [-0.4, -0.2) is 30.2 Å². The summed E-state index contributed by atoms with van der Waals surface area (Å²) < 4.78 is 12.1. The summed E-state index contributed by atoms with van der Waals surface area (Å²) >= 11 is 0. The molecule has 0 aromatic heterocycles. The van der Waals surface area contributed by atoms with Gasteiger partial charge in [0, 0.05) is 11.8 Å². The lowest BCUT2D eigenvalue weighted by Crippen LogP contribution is -2.48. The first-order valence-corrected chi connectivity index (χ1v) is 11.8. The SMILES string of the molecule is CC#C[C@]1(O)CCC2C3CCC4=CC(=O)CCC4=C3C(c3ccc(OC)cc3)OCC21C. The van der Waals surface area contributed by atoms with E-state index in [1.807, 2.05) is 18.2 Å². The third kappa shape index (κ3) is 3.17. The van der Waals surface area contributed by atoms with Crippen molar-refractivity contribution in [3.63, 3.8) is 0 Å². The van der Waals surface area contributed by atoms with Crippen molar-refractivity contribution in [2.75, 3.05) is 13.7 Å². The highest BCUT2D eigenvalue weighted by molar-refractivity contribution is 5.93. The summed E-state index contributed by atoms with van der Waals surface area (Å²) in [6, 6.07) is 8.13. The van der Waals surface area contributed by atoms with Gasteiger partial charge in [0.05, 0.1) is 13.7 Å². The van der Waals surface area contributed by atoms with Gasteiger partial charge < -0.3 is 14.6 Å². The molecule has 0 radical (unpaired) electrons. The number of aliphatic hydroxyl groups is 1. The second-order valence-corrected chi connectivity index (χ2v) is 9.98. The molecule has 5 atom stereocenters. The molecule has 1 N–H and O–H groups in total. The minimum atomic E-state index is -1.03. The largest absolute Gasteiger partial charge is 0.497 e. The molecule has 1 aromatic carbocycles. The van der Waals surface area contributed by atoms with Crippen LogP contribution in [0.3, 0.4) is 0 Å². The van der Waals surface area contributed by atoms with Crippen molar-refractivity contribution < 1.29 is 19.4 Å². The van der Waals surface area contributed by atoms with Gasteiger partial charge in [0.2, 0.25) is 0 Å². The summed E-state index contributed by atoms with van der Waals surface area (Å²) in [6.07, 6.45) is 6.58. The minimum absolute atomic E-state index is 0.181. The predicted molar refractivity (Wildman–Crippen MR) is 123 cm³/mol. The summed E-state index contributed by atoms with van der Waals surface area (Å²) in [6.45, 7) is 4.44. The Kier molecular flexibility index (Phi) is 5.31. The molecule has 2 fully saturated rings. The third-order valence-corrected chi connectivity index (χ3v) is 8.47.